The van der Waals surface area contributed by atoms with E-state index in [-0.39, 0.29) is 11.8 Å². The number of nitrogens with zero attached hydrogens (tertiary/aromatic N) is 5. The highest BCUT2D eigenvalue weighted by atomic mass is 16.5. The van der Waals surface area contributed by atoms with Crippen LogP contribution in [0.3, 0.4) is 0 Å². The lowest BCUT2D eigenvalue weighted by Gasteiger charge is -2.19. The number of carbonyl (C=O) groups excluding carboxylic acids is 2. The van der Waals surface area contributed by atoms with Crippen LogP contribution in [-0.2, 0) is 18.4 Å². The molecule has 0 N–H and O–H groups in total. The maximum Gasteiger partial charge on any atom is 0.274 e. The van der Waals surface area contributed by atoms with Gasteiger partial charge in [0.25, 0.3) is 5.91 Å². The van der Waals surface area contributed by atoms with E-state index in [0.717, 1.165) is 11.3 Å². The van der Waals surface area contributed by atoms with Gasteiger partial charge in [0.15, 0.2) is 11.5 Å². The zero-order valence-electron chi connectivity index (χ0n) is 14.0. The van der Waals surface area contributed by atoms with Gasteiger partial charge in [-0.15, -0.1) is 0 Å². The Bertz CT molecular complexity index is 704. The summed E-state index contributed by atoms with van der Waals surface area (Å²) in [7, 11) is 4.97. The number of amides is 2. The van der Waals surface area contributed by atoms with E-state index in [2.05, 4.69) is 10.1 Å². The van der Waals surface area contributed by atoms with Crippen molar-refractivity contribution in [3.63, 3.8) is 0 Å². The van der Waals surface area contributed by atoms with Crippen LogP contribution in [0.2, 0.25) is 0 Å². The number of anilines is 1. The number of carbonyl (C=O) groups is 2. The fraction of sp³-hybridized carbons (Fsp3) is 0.467. The fourth-order valence-corrected chi connectivity index (χ4v) is 2.34. The summed E-state index contributed by atoms with van der Waals surface area (Å²) in [5.41, 5.74) is 1.22. The minimum Gasteiger partial charge on any atom is -0.361 e. The molecule has 0 aliphatic heterocycles. The molecule has 0 atom stereocenters. The zero-order valence-corrected chi connectivity index (χ0v) is 14.0. The normalized spacial score (nSPS) is 10.9. The van der Waals surface area contributed by atoms with Gasteiger partial charge in [-0.3, -0.25) is 9.59 Å². The van der Waals surface area contributed by atoms with Crippen LogP contribution in [0.1, 0.15) is 41.6 Å². The summed E-state index contributed by atoms with van der Waals surface area (Å²) in [6.07, 6.45) is 3.76. The topological polar surface area (TPSA) is 84.5 Å². The first-order chi connectivity index (χ1) is 10.9. The molecule has 2 rings (SSSR count). The Morgan fingerprint density at radius 2 is 2.13 bits per heavy atom. The number of rotatable bonds is 6. The molecule has 2 amide bonds. The van der Waals surface area contributed by atoms with Gasteiger partial charge in [-0.2, -0.15) is 0 Å². The van der Waals surface area contributed by atoms with Crippen molar-refractivity contribution in [2.24, 2.45) is 7.05 Å². The van der Waals surface area contributed by atoms with E-state index in [4.69, 9.17) is 4.52 Å². The standard InChI is InChI=1S/C15H21N5O3/c1-10(2)13-11(6-17-23-13)7-18(3)15(22)12-14(20(5)9-21)16-8-19(12)4/h6,8-10H,7H2,1-5H3. The van der Waals surface area contributed by atoms with Crippen LogP contribution in [0.25, 0.3) is 0 Å². The van der Waals surface area contributed by atoms with E-state index in [1.54, 1.807) is 36.8 Å². The first-order valence-corrected chi connectivity index (χ1v) is 7.25. The molecule has 0 aliphatic carbocycles. The summed E-state index contributed by atoms with van der Waals surface area (Å²) < 4.78 is 6.84. The molecular formula is C15H21N5O3. The molecule has 0 saturated carbocycles. The van der Waals surface area contributed by atoms with E-state index in [9.17, 15) is 9.59 Å². The van der Waals surface area contributed by atoms with Crippen LogP contribution in [0, 0.1) is 0 Å². The molecule has 2 aromatic rings. The van der Waals surface area contributed by atoms with Gasteiger partial charge in [-0.1, -0.05) is 19.0 Å². The van der Waals surface area contributed by atoms with Gasteiger partial charge in [0.2, 0.25) is 6.41 Å². The largest absolute Gasteiger partial charge is 0.361 e. The lowest BCUT2D eigenvalue weighted by molar-refractivity contribution is -0.107. The predicted octanol–water partition coefficient (Wildman–Crippen LogP) is 1.40. The average Bonchev–Trinajstić information content (AvgIpc) is 3.12. The van der Waals surface area contributed by atoms with Crippen LogP contribution >= 0.6 is 0 Å². The minimum absolute atomic E-state index is 0.185. The number of hydrogen-bond acceptors (Lipinski definition) is 5. The average molecular weight is 319 g/mol. The molecule has 2 aromatic heterocycles. The molecular weight excluding hydrogens is 298 g/mol. The molecule has 0 fully saturated rings. The van der Waals surface area contributed by atoms with E-state index in [1.807, 2.05) is 13.8 Å². The summed E-state index contributed by atoms with van der Waals surface area (Å²) in [6.45, 7) is 4.37. The van der Waals surface area contributed by atoms with Crippen molar-refractivity contribution in [2.45, 2.75) is 26.3 Å². The summed E-state index contributed by atoms with van der Waals surface area (Å²) in [5, 5.41) is 3.81. The van der Waals surface area contributed by atoms with Crippen molar-refractivity contribution in [1.82, 2.24) is 19.6 Å². The van der Waals surface area contributed by atoms with Gasteiger partial charge < -0.3 is 18.9 Å². The monoisotopic (exact) mass is 319 g/mol. The molecule has 124 valence electrons. The van der Waals surface area contributed by atoms with Gasteiger partial charge in [0, 0.05) is 32.6 Å². The lowest BCUT2D eigenvalue weighted by Crippen LogP contribution is -2.30. The predicted molar refractivity (Wildman–Crippen MR) is 84.1 cm³/mol. The number of imidazole rings is 1. The van der Waals surface area contributed by atoms with Crippen molar-refractivity contribution in [3.05, 3.63) is 29.5 Å². The Morgan fingerprint density at radius 3 is 2.74 bits per heavy atom. The molecule has 0 bridgehead atoms. The quantitative estimate of drug-likeness (QED) is 0.751. The maximum atomic E-state index is 12.7. The van der Waals surface area contributed by atoms with E-state index in [1.165, 1.54) is 11.2 Å². The third kappa shape index (κ3) is 3.25. The number of aryl methyl sites for hydroxylation is 1. The SMILES string of the molecule is CC(C)c1oncc1CN(C)C(=O)c1c(N(C)C=O)ncn1C. The van der Waals surface area contributed by atoms with Crippen LogP contribution in [-0.4, -0.2) is 46.0 Å². The highest BCUT2D eigenvalue weighted by Crippen LogP contribution is 2.22. The van der Waals surface area contributed by atoms with Crippen molar-refractivity contribution >= 4 is 18.1 Å². The molecule has 0 aliphatic rings. The Kier molecular flexibility index (Phi) is 4.83. The Balaban J connectivity index is 2.25. The van der Waals surface area contributed by atoms with Crippen LogP contribution < -0.4 is 4.90 Å². The summed E-state index contributed by atoms with van der Waals surface area (Å²) in [6, 6.07) is 0. The molecule has 0 radical (unpaired) electrons. The smallest absolute Gasteiger partial charge is 0.274 e. The first kappa shape index (κ1) is 16.7. The molecule has 0 saturated heterocycles. The van der Waals surface area contributed by atoms with Crippen LogP contribution in [0.15, 0.2) is 17.0 Å². The molecule has 0 spiro atoms. The third-order valence-electron chi connectivity index (χ3n) is 3.57. The molecule has 2 heterocycles. The molecule has 0 unspecified atom stereocenters. The van der Waals surface area contributed by atoms with Crippen LogP contribution in [0.5, 0.6) is 0 Å². The second-order valence-corrected chi connectivity index (χ2v) is 5.78. The Morgan fingerprint density at radius 1 is 1.43 bits per heavy atom. The second kappa shape index (κ2) is 6.64. The van der Waals surface area contributed by atoms with Crippen molar-refractivity contribution in [3.8, 4) is 0 Å². The highest BCUT2D eigenvalue weighted by Gasteiger charge is 2.24. The van der Waals surface area contributed by atoms with Gasteiger partial charge in [-0.05, 0) is 0 Å². The summed E-state index contributed by atoms with van der Waals surface area (Å²) in [4.78, 5) is 30.7. The van der Waals surface area contributed by atoms with Crippen molar-refractivity contribution in [2.75, 3.05) is 19.0 Å². The summed E-state index contributed by atoms with van der Waals surface area (Å²) >= 11 is 0. The molecule has 23 heavy (non-hydrogen) atoms. The Hall–Kier alpha value is -2.64. The van der Waals surface area contributed by atoms with E-state index < -0.39 is 0 Å². The van der Waals surface area contributed by atoms with Crippen molar-refractivity contribution < 1.29 is 14.1 Å². The Labute approximate surface area is 134 Å². The zero-order chi connectivity index (χ0) is 17.1. The van der Waals surface area contributed by atoms with E-state index in [0.29, 0.717) is 24.5 Å². The second-order valence-electron chi connectivity index (χ2n) is 5.78. The first-order valence-electron chi connectivity index (χ1n) is 7.25. The number of aromatic nitrogens is 3. The van der Waals surface area contributed by atoms with Gasteiger partial charge >= 0.3 is 0 Å². The van der Waals surface area contributed by atoms with Crippen molar-refractivity contribution in [1.29, 1.82) is 0 Å². The third-order valence-corrected chi connectivity index (χ3v) is 3.57. The van der Waals surface area contributed by atoms with Gasteiger partial charge in [-0.25, -0.2) is 4.98 Å². The van der Waals surface area contributed by atoms with Crippen LogP contribution in [0.4, 0.5) is 5.82 Å². The minimum atomic E-state index is -0.232. The van der Waals surface area contributed by atoms with Gasteiger partial charge in [0.1, 0.15) is 5.76 Å². The molecule has 0 aromatic carbocycles. The van der Waals surface area contributed by atoms with E-state index >= 15 is 0 Å². The molecule has 8 heteroatoms. The fourth-order valence-electron chi connectivity index (χ4n) is 2.34. The highest BCUT2D eigenvalue weighted by molar-refractivity contribution is 5.99. The number of hydrogen-bond donors (Lipinski definition) is 0. The lowest BCUT2D eigenvalue weighted by atomic mass is 10.1. The molecule has 8 nitrogen and oxygen atoms in total. The maximum absolute atomic E-state index is 12.7. The van der Waals surface area contributed by atoms with Gasteiger partial charge in [0.05, 0.1) is 19.1 Å². The summed E-state index contributed by atoms with van der Waals surface area (Å²) in [5.74, 6) is 1.04.